The molecule has 0 saturated carbocycles. The molecule has 0 rings (SSSR count). The minimum Gasteiger partial charge on any atom is -0.256 e. The van der Waals surface area contributed by atoms with E-state index in [-0.39, 0.29) is 0 Å². The largest absolute Gasteiger partial charge is 0.259 e. The van der Waals surface area contributed by atoms with Crippen molar-refractivity contribution in [3.63, 3.8) is 0 Å². The summed E-state index contributed by atoms with van der Waals surface area (Å²) in [4.78, 5) is 0. The topological polar surface area (TPSA) is 43.4 Å². The number of rotatable bonds is 1. The molecule has 32 valence electrons. The van der Waals surface area contributed by atoms with Crippen molar-refractivity contribution in [2.75, 3.05) is 0 Å². The highest BCUT2D eigenvalue weighted by atomic mass is 32.2. The predicted molar refractivity (Wildman–Crippen MR) is 21.1 cm³/mol. The molecule has 1 unspecified atom stereocenters. The first-order chi connectivity index (χ1) is 2.27. The summed E-state index contributed by atoms with van der Waals surface area (Å²) >= 11 is 0. The molecule has 0 saturated heterocycles. The van der Waals surface area contributed by atoms with Crippen LogP contribution in [0.1, 0.15) is 0 Å². The predicted octanol–water partition coefficient (Wildman–Crippen LogP) is -0.680. The maximum Gasteiger partial charge on any atom is 0.259 e. The quantitative estimate of drug-likeness (QED) is 0.363. The molecule has 5 heavy (non-hydrogen) atoms. The molecule has 0 spiro atoms. The molecule has 0 aliphatic carbocycles. The molecule has 5 heteroatoms. The van der Waals surface area contributed by atoms with Crippen LogP contribution in [0.2, 0.25) is 0 Å². The van der Waals surface area contributed by atoms with E-state index < -0.39 is 11.0 Å². The fourth-order valence-corrected chi connectivity index (χ4v) is 0. The van der Waals surface area contributed by atoms with Gasteiger partial charge in [0.25, 0.3) is 11.0 Å². The van der Waals surface area contributed by atoms with Gasteiger partial charge in [0.05, 0.1) is 0 Å². The molecular weight excluding hydrogens is 111 g/mol. The second-order valence-electron chi connectivity index (χ2n) is 0.329. The van der Waals surface area contributed by atoms with Gasteiger partial charge in [0.15, 0.2) is 0 Å². The average molecular weight is 114 g/mol. The minimum absolute atomic E-state index is 1.60. The highest BCUT2D eigenvalue weighted by Crippen LogP contribution is 1.78. The fourth-order valence-electron chi connectivity index (χ4n) is 0. The molecule has 0 N–H and O–H groups in total. The minimum atomic E-state index is -2.64. The van der Waals surface area contributed by atoms with Crippen LogP contribution in [0.3, 0.4) is 0 Å². The lowest BCUT2D eigenvalue weighted by Crippen LogP contribution is -1.63. The van der Waals surface area contributed by atoms with Crippen molar-refractivity contribution in [1.82, 2.24) is 0 Å². The van der Waals surface area contributed by atoms with Gasteiger partial charge in [0, 0.05) is 9.47 Å². The standard InChI is InChI=1S/H3O3PS/c1-5(2)3-4/h5H,4H2. The van der Waals surface area contributed by atoms with Crippen LogP contribution in [0.5, 0.6) is 0 Å². The summed E-state index contributed by atoms with van der Waals surface area (Å²) < 4.78 is 21.9. The Morgan fingerprint density at radius 1 is 1.60 bits per heavy atom. The van der Waals surface area contributed by atoms with E-state index in [9.17, 15) is 0 Å². The van der Waals surface area contributed by atoms with E-state index in [1.807, 2.05) is 0 Å². The van der Waals surface area contributed by atoms with Crippen LogP contribution in [-0.2, 0) is 15.0 Å². The second-order valence-corrected chi connectivity index (χ2v) is 1.62. The molecule has 3 nitrogen and oxygen atoms in total. The molecule has 0 heterocycles. The van der Waals surface area contributed by atoms with Crippen LogP contribution in [0.25, 0.3) is 0 Å². The van der Waals surface area contributed by atoms with Crippen LogP contribution in [0.15, 0.2) is 0 Å². The SMILES string of the molecule is O=[SH](=O)OP. The summed E-state index contributed by atoms with van der Waals surface area (Å²) in [5, 5.41) is 0. The zero-order valence-electron chi connectivity index (χ0n) is 2.25. The third kappa shape index (κ3) is 4.34. The normalized spacial score (nSPS) is 9.20. The Balaban J connectivity index is 3.23. The Kier molecular flexibility index (Phi) is 2.75. The van der Waals surface area contributed by atoms with E-state index in [1.165, 1.54) is 0 Å². The Hall–Kier alpha value is 0.340. The van der Waals surface area contributed by atoms with Crippen LogP contribution in [-0.4, -0.2) is 8.42 Å². The van der Waals surface area contributed by atoms with E-state index in [2.05, 4.69) is 3.97 Å². The van der Waals surface area contributed by atoms with Gasteiger partial charge in [-0.05, 0) is 0 Å². The van der Waals surface area contributed by atoms with Gasteiger partial charge in [-0.2, -0.15) is 0 Å². The highest BCUT2D eigenvalue weighted by molar-refractivity contribution is 7.70. The molecule has 0 radical (unpaired) electrons. The van der Waals surface area contributed by atoms with E-state index >= 15 is 0 Å². The first-order valence-electron chi connectivity index (χ1n) is 0.783. The van der Waals surface area contributed by atoms with Crippen molar-refractivity contribution in [3.05, 3.63) is 0 Å². The maximum atomic E-state index is 9.16. The van der Waals surface area contributed by atoms with Gasteiger partial charge in [-0.15, -0.1) is 0 Å². The molecule has 0 fully saturated rings. The Morgan fingerprint density at radius 3 is 1.80 bits per heavy atom. The molecule has 0 aliphatic rings. The lowest BCUT2D eigenvalue weighted by atomic mass is 15.8. The van der Waals surface area contributed by atoms with Crippen LogP contribution < -0.4 is 0 Å². The van der Waals surface area contributed by atoms with Crippen molar-refractivity contribution in [2.24, 2.45) is 0 Å². The van der Waals surface area contributed by atoms with Gasteiger partial charge in [-0.3, -0.25) is 3.97 Å². The first-order valence-corrected chi connectivity index (χ1v) is 2.35. The lowest BCUT2D eigenvalue weighted by molar-refractivity contribution is 0.543. The summed E-state index contributed by atoms with van der Waals surface area (Å²) in [5.74, 6) is 0. The van der Waals surface area contributed by atoms with E-state index in [1.54, 1.807) is 9.47 Å². The summed E-state index contributed by atoms with van der Waals surface area (Å²) in [6, 6.07) is 0. The van der Waals surface area contributed by atoms with Crippen molar-refractivity contribution < 1.29 is 12.4 Å². The van der Waals surface area contributed by atoms with Crippen molar-refractivity contribution in [1.29, 1.82) is 0 Å². The lowest BCUT2D eigenvalue weighted by Gasteiger charge is -1.66. The summed E-state index contributed by atoms with van der Waals surface area (Å²) in [6.45, 7) is 0. The van der Waals surface area contributed by atoms with E-state index in [0.717, 1.165) is 0 Å². The molecular formula is H3O3PS. The number of thiol groups is 1. The summed E-state index contributed by atoms with van der Waals surface area (Å²) in [7, 11) is -1.04. The summed E-state index contributed by atoms with van der Waals surface area (Å²) in [6.07, 6.45) is 0. The van der Waals surface area contributed by atoms with Crippen LogP contribution in [0.4, 0.5) is 0 Å². The van der Waals surface area contributed by atoms with Crippen molar-refractivity contribution in [2.45, 2.75) is 0 Å². The average Bonchev–Trinajstić information content (AvgIpc) is 1.38. The van der Waals surface area contributed by atoms with Gasteiger partial charge >= 0.3 is 0 Å². The molecule has 0 aromatic carbocycles. The molecule has 0 aliphatic heterocycles. The van der Waals surface area contributed by atoms with Gasteiger partial charge in [-0.1, -0.05) is 0 Å². The number of hydrogen-bond donors (Lipinski definition) is 1. The van der Waals surface area contributed by atoms with E-state index in [4.69, 9.17) is 8.42 Å². The monoisotopic (exact) mass is 114 g/mol. The zero-order valence-corrected chi connectivity index (χ0v) is 4.30. The molecule has 0 aromatic rings. The van der Waals surface area contributed by atoms with Gasteiger partial charge in [0.1, 0.15) is 0 Å². The highest BCUT2D eigenvalue weighted by Gasteiger charge is 1.62. The maximum absolute atomic E-state index is 9.16. The summed E-state index contributed by atoms with van der Waals surface area (Å²) in [5.41, 5.74) is 0. The van der Waals surface area contributed by atoms with Gasteiger partial charge in [-0.25, -0.2) is 8.42 Å². The third-order valence-electron chi connectivity index (χ3n) is 0.0861. The van der Waals surface area contributed by atoms with Crippen LogP contribution in [0, 0.1) is 0 Å². The molecule has 0 bridgehead atoms. The Bertz CT molecular complexity index is 65.0. The number of hydrogen-bond acceptors (Lipinski definition) is 3. The second kappa shape index (κ2) is 2.57. The smallest absolute Gasteiger partial charge is 0.256 e. The molecule has 1 atom stereocenters. The van der Waals surface area contributed by atoms with Gasteiger partial charge in [0.2, 0.25) is 0 Å². The van der Waals surface area contributed by atoms with Crippen molar-refractivity contribution >= 4 is 20.5 Å². The fraction of sp³-hybridized carbons (Fsp3) is 0. The Morgan fingerprint density at radius 2 is 1.80 bits per heavy atom. The first kappa shape index (κ1) is 5.34. The van der Waals surface area contributed by atoms with E-state index in [0.29, 0.717) is 0 Å². The van der Waals surface area contributed by atoms with Gasteiger partial charge < -0.3 is 0 Å². The van der Waals surface area contributed by atoms with Crippen molar-refractivity contribution in [3.8, 4) is 0 Å². The Labute approximate surface area is 33.8 Å². The third-order valence-corrected chi connectivity index (χ3v) is 0.775. The van der Waals surface area contributed by atoms with Crippen LogP contribution >= 0.6 is 9.47 Å². The molecule has 0 aromatic heterocycles. The zero-order chi connectivity index (χ0) is 4.28. The molecule has 0 amide bonds.